The monoisotopic (exact) mass is 390 g/mol. The molecule has 6 heteroatoms. The summed E-state index contributed by atoms with van der Waals surface area (Å²) in [5.41, 5.74) is 2.35. The molecule has 0 amide bonds. The molecule has 0 aliphatic carbocycles. The van der Waals surface area contributed by atoms with Gasteiger partial charge in [0.1, 0.15) is 12.4 Å². The number of allylic oxidation sites excluding steroid dienone is 1. The molecule has 0 radical (unpaired) electrons. The van der Waals surface area contributed by atoms with Gasteiger partial charge in [0.2, 0.25) is 0 Å². The molecule has 0 saturated heterocycles. The quantitative estimate of drug-likeness (QED) is 0.227. The molecule has 0 atom stereocenters. The van der Waals surface area contributed by atoms with Crippen LogP contribution < -0.4 is 4.74 Å². The largest absolute Gasteiger partial charge is 0.488 e. The number of nitrogens with zero attached hydrogens (tertiary/aromatic N) is 2. The molecule has 138 valence electrons. The van der Waals surface area contributed by atoms with Gasteiger partial charge in [-0.1, -0.05) is 54.1 Å². The summed E-state index contributed by atoms with van der Waals surface area (Å²) in [7, 11) is 0. The van der Waals surface area contributed by atoms with Crippen molar-refractivity contribution in [3.8, 4) is 11.8 Å². The predicted octanol–water partition coefficient (Wildman–Crippen LogP) is 5.89. The molecule has 0 saturated carbocycles. The highest BCUT2D eigenvalue weighted by molar-refractivity contribution is 6.30. The number of ether oxygens (including phenoxy) is 1. The van der Waals surface area contributed by atoms with Crippen molar-refractivity contribution >= 4 is 28.9 Å². The van der Waals surface area contributed by atoms with Crippen LogP contribution in [0.15, 0.2) is 72.8 Å². The molecule has 3 aromatic carbocycles. The zero-order valence-electron chi connectivity index (χ0n) is 14.7. The molecule has 3 aromatic rings. The Labute approximate surface area is 167 Å². The summed E-state index contributed by atoms with van der Waals surface area (Å²) in [5.74, 6) is 0.455. The molecule has 0 N–H and O–H groups in total. The van der Waals surface area contributed by atoms with Gasteiger partial charge < -0.3 is 4.74 Å². The topological polar surface area (TPSA) is 76.2 Å². The van der Waals surface area contributed by atoms with Gasteiger partial charge in [-0.15, -0.1) is 0 Å². The number of hydrogen-bond acceptors (Lipinski definition) is 4. The van der Waals surface area contributed by atoms with Gasteiger partial charge >= 0.3 is 0 Å². The van der Waals surface area contributed by atoms with E-state index in [2.05, 4.69) is 6.07 Å². The molecular formula is C22H15ClN2O3. The maximum atomic E-state index is 11.2. The highest BCUT2D eigenvalue weighted by Crippen LogP contribution is 2.29. The molecule has 0 bridgehead atoms. The van der Waals surface area contributed by atoms with E-state index in [1.807, 2.05) is 30.3 Å². The number of non-ortho nitro benzene ring substituents is 1. The van der Waals surface area contributed by atoms with Crippen LogP contribution >= 0.6 is 11.6 Å². The molecule has 3 rings (SSSR count). The number of nitro groups is 1. The number of benzene rings is 3. The van der Waals surface area contributed by atoms with Crippen molar-refractivity contribution in [3.05, 3.63) is 105 Å². The zero-order chi connectivity index (χ0) is 19.9. The van der Waals surface area contributed by atoms with Gasteiger partial charge in [-0.3, -0.25) is 10.1 Å². The minimum Gasteiger partial charge on any atom is -0.488 e. The minimum absolute atomic E-state index is 0.0771. The van der Waals surface area contributed by atoms with Crippen LogP contribution in [0.3, 0.4) is 0 Å². The van der Waals surface area contributed by atoms with Crippen LogP contribution in [-0.2, 0) is 6.61 Å². The van der Waals surface area contributed by atoms with E-state index in [0.717, 1.165) is 5.56 Å². The predicted molar refractivity (Wildman–Crippen MR) is 109 cm³/mol. The summed E-state index contributed by atoms with van der Waals surface area (Å²) >= 11 is 5.90. The second-order valence-corrected chi connectivity index (χ2v) is 6.37. The lowest BCUT2D eigenvalue weighted by Crippen LogP contribution is -1.98. The Bertz CT molecular complexity index is 1060. The van der Waals surface area contributed by atoms with Crippen molar-refractivity contribution in [2.45, 2.75) is 6.61 Å². The maximum Gasteiger partial charge on any atom is 0.270 e. The summed E-state index contributed by atoms with van der Waals surface area (Å²) in [6.07, 6.45) is 1.58. The lowest BCUT2D eigenvalue weighted by molar-refractivity contribution is -0.384. The van der Waals surface area contributed by atoms with E-state index in [9.17, 15) is 15.4 Å². The highest BCUT2D eigenvalue weighted by Gasteiger charge is 2.12. The first-order valence-electron chi connectivity index (χ1n) is 8.40. The van der Waals surface area contributed by atoms with Crippen molar-refractivity contribution in [3.63, 3.8) is 0 Å². The van der Waals surface area contributed by atoms with Crippen LogP contribution in [0.1, 0.15) is 16.7 Å². The maximum absolute atomic E-state index is 11.2. The summed E-state index contributed by atoms with van der Waals surface area (Å²) in [5, 5.41) is 21.3. The molecule has 0 aliphatic rings. The van der Waals surface area contributed by atoms with Crippen LogP contribution in [0.2, 0.25) is 5.02 Å². The summed E-state index contributed by atoms with van der Waals surface area (Å²) in [6.45, 7) is 0.308. The van der Waals surface area contributed by atoms with E-state index in [-0.39, 0.29) is 5.69 Å². The molecule has 0 unspecified atom stereocenters. The SMILES string of the molecule is N#C/C(=C\c1cc([N+](=O)[O-])ccc1OCc1ccccc1)c1ccc(Cl)cc1. The number of rotatable bonds is 6. The van der Waals surface area contributed by atoms with Crippen molar-refractivity contribution in [2.75, 3.05) is 0 Å². The van der Waals surface area contributed by atoms with Gasteiger partial charge in [0.05, 0.1) is 16.6 Å². The first-order valence-corrected chi connectivity index (χ1v) is 8.77. The Kier molecular flexibility index (Phi) is 6.05. The number of halogens is 1. The fraction of sp³-hybridized carbons (Fsp3) is 0.0455. The number of hydrogen-bond donors (Lipinski definition) is 0. The average Bonchev–Trinajstić information content (AvgIpc) is 2.72. The van der Waals surface area contributed by atoms with Crippen LogP contribution in [0.5, 0.6) is 5.75 Å². The van der Waals surface area contributed by atoms with E-state index < -0.39 is 4.92 Å². The van der Waals surface area contributed by atoms with Gasteiger partial charge in [0, 0.05) is 22.7 Å². The van der Waals surface area contributed by atoms with Crippen LogP contribution in [0.4, 0.5) is 5.69 Å². The first-order chi connectivity index (χ1) is 13.6. The second kappa shape index (κ2) is 8.85. The second-order valence-electron chi connectivity index (χ2n) is 5.93. The Hall–Kier alpha value is -3.62. The van der Waals surface area contributed by atoms with Crippen molar-refractivity contribution in [1.29, 1.82) is 5.26 Å². The van der Waals surface area contributed by atoms with Gasteiger partial charge in [-0.2, -0.15) is 5.26 Å². The Morgan fingerprint density at radius 1 is 1.11 bits per heavy atom. The Morgan fingerprint density at radius 3 is 2.46 bits per heavy atom. The van der Waals surface area contributed by atoms with E-state index in [1.54, 1.807) is 36.4 Å². The summed E-state index contributed by atoms with van der Waals surface area (Å²) in [4.78, 5) is 10.7. The van der Waals surface area contributed by atoms with E-state index in [1.165, 1.54) is 12.1 Å². The fourth-order valence-electron chi connectivity index (χ4n) is 2.59. The van der Waals surface area contributed by atoms with E-state index in [0.29, 0.717) is 34.1 Å². The normalized spacial score (nSPS) is 10.9. The van der Waals surface area contributed by atoms with Gasteiger partial charge in [-0.05, 0) is 35.4 Å². The molecular weight excluding hydrogens is 376 g/mol. The summed E-state index contributed by atoms with van der Waals surface area (Å²) in [6, 6.07) is 22.8. The third-order valence-electron chi connectivity index (χ3n) is 4.02. The van der Waals surface area contributed by atoms with Crippen molar-refractivity contribution in [2.24, 2.45) is 0 Å². The summed E-state index contributed by atoms with van der Waals surface area (Å²) < 4.78 is 5.86. The minimum atomic E-state index is -0.480. The number of nitro benzene ring substituents is 1. The van der Waals surface area contributed by atoms with Crippen LogP contribution in [0, 0.1) is 21.4 Å². The molecule has 5 nitrogen and oxygen atoms in total. The van der Waals surface area contributed by atoms with E-state index >= 15 is 0 Å². The third kappa shape index (κ3) is 4.76. The highest BCUT2D eigenvalue weighted by atomic mass is 35.5. The van der Waals surface area contributed by atoms with E-state index in [4.69, 9.17) is 16.3 Å². The molecule has 0 aliphatic heterocycles. The van der Waals surface area contributed by atoms with Crippen LogP contribution in [0.25, 0.3) is 11.6 Å². The lowest BCUT2D eigenvalue weighted by Gasteiger charge is -2.10. The molecule has 0 aromatic heterocycles. The smallest absolute Gasteiger partial charge is 0.270 e. The van der Waals surface area contributed by atoms with Crippen LogP contribution in [-0.4, -0.2) is 4.92 Å². The lowest BCUT2D eigenvalue weighted by atomic mass is 10.0. The van der Waals surface area contributed by atoms with Crippen molar-refractivity contribution in [1.82, 2.24) is 0 Å². The van der Waals surface area contributed by atoms with Crippen molar-refractivity contribution < 1.29 is 9.66 Å². The molecule has 28 heavy (non-hydrogen) atoms. The molecule has 0 spiro atoms. The average molecular weight is 391 g/mol. The Balaban J connectivity index is 1.98. The van der Waals surface area contributed by atoms with Gasteiger partial charge in [-0.25, -0.2) is 0 Å². The molecule has 0 fully saturated rings. The molecule has 0 heterocycles. The zero-order valence-corrected chi connectivity index (χ0v) is 15.5. The van der Waals surface area contributed by atoms with Gasteiger partial charge in [0.15, 0.2) is 0 Å². The first kappa shape index (κ1) is 19.2. The Morgan fingerprint density at radius 2 is 1.82 bits per heavy atom. The number of nitriles is 1. The van der Waals surface area contributed by atoms with Gasteiger partial charge in [0.25, 0.3) is 5.69 Å². The standard InChI is InChI=1S/C22H15ClN2O3/c23-20-8-6-17(7-9-20)19(14-24)12-18-13-21(25(26)27)10-11-22(18)28-15-16-4-2-1-3-5-16/h1-13H,15H2/b19-12+. The third-order valence-corrected chi connectivity index (χ3v) is 4.27. The fourth-order valence-corrected chi connectivity index (χ4v) is 2.72.